The highest BCUT2D eigenvalue weighted by atomic mass is 35.5. The normalized spacial score (nSPS) is 12.1. The van der Waals surface area contributed by atoms with Gasteiger partial charge in [0.25, 0.3) is 0 Å². The average Bonchev–Trinajstić information content (AvgIpc) is 3.10. The number of fused-ring (bicyclic) bond motifs is 1. The summed E-state index contributed by atoms with van der Waals surface area (Å²) in [6, 6.07) is 19.9. The minimum Gasteiger partial charge on any atom is -0.489 e. The molecule has 4 rings (SSSR count). The van der Waals surface area contributed by atoms with E-state index in [-0.39, 0.29) is 19.8 Å². The van der Waals surface area contributed by atoms with Gasteiger partial charge in [0.05, 0.1) is 27.6 Å². The summed E-state index contributed by atoms with van der Waals surface area (Å²) < 4.78 is 13.5. The number of para-hydroxylation sites is 3. The van der Waals surface area contributed by atoms with Crippen LogP contribution in [0.3, 0.4) is 0 Å². The second kappa shape index (κ2) is 9.79. The second-order valence-electron chi connectivity index (χ2n) is 6.89. The fraction of sp³-hybridized carbons (Fsp3) is 0.174. The zero-order chi connectivity index (χ0) is 21.8. The molecule has 0 radical (unpaired) electrons. The van der Waals surface area contributed by atoms with Crippen LogP contribution in [0.4, 0.5) is 0 Å². The van der Waals surface area contributed by atoms with Gasteiger partial charge in [-0.25, -0.2) is 4.98 Å². The van der Waals surface area contributed by atoms with Crippen LogP contribution in [0.5, 0.6) is 11.5 Å². The third-order valence-electron chi connectivity index (χ3n) is 4.65. The average molecular weight is 478 g/mol. The zero-order valence-electron chi connectivity index (χ0n) is 16.3. The number of aliphatic hydroxyl groups excluding tert-OH is 1. The molecule has 0 aliphatic rings. The second-order valence-corrected chi connectivity index (χ2v) is 8.14. The molecule has 0 saturated heterocycles. The third-order valence-corrected chi connectivity index (χ3v) is 5.49. The molecule has 0 aliphatic heterocycles. The maximum Gasteiger partial charge on any atom is 0.148 e. The van der Waals surface area contributed by atoms with Gasteiger partial charge in [-0.15, -0.1) is 0 Å². The minimum absolute atomic E-state index is 0.0829. The Morgan fingerprint density at radius 2 is 1.61 bits per heavy atom. The summed E-state index contributed by atoms with van der Waals surface area (Å²) >= 11 is 18.3. The highest BCUT2D eigenvalue weighted by Gasteiger charge is 2.16. The van der Waals surface area contributed by atoms with Crippen molar-refractivity contribution in [2.45, 2.75) is 19.3 Å². The van der Waals surface area contributed by atoms with Crippen molar-refractivity contribution in [3.8, 4) is 11.5 Å². The van der Waals surface area contributed by atoms with Crippen molar-refractivity contribution < 1.29 is 14.6 Å². The SMILES string of the molecule is OC(COc1ccccc1Cl)Cn1c(COc2ccc(Cl)cc2Cl)nc2ccccc21. The molecule has 0 bridgehead atoms. The van der Waals surface area contributed by atoms with E-state index in [1.807, 2.05) is 41.0 Å². The number of benzene rings is 3. The van der Waals surface area contributed by atoms with E-state index in [4.69, 9.17) is 44.3 Å². The van der Waals surface area contributed by atoms with Crippen molar-refractivity contribution in [1.82, 2.24) is 9.55 Å². The van der Waals surface area contributed by atoms with Crippen molar-refractivity contribution in [3.63, 3.8) is 0 Å². The molecule has 1 N–H and O–H groups in total. The summed E-state index contributed by atoms with van der Waals surface area (Å²) in [6.07, 6.45) is -0.785. The van der Waals surface area contributed by atoms with Gasteiger partial charge in [-0.2, -0.15) is 0 Å². The van der Waals surface area contributed by atoms with Crippen LogP contribution in [-0.4, -0.2) is 27.4 Å². The van der Waals surface area contributed by atoms with Gasteiger partial charge in [0.15, 0.2) is 0 Å². The Morgan fingerprint density at radius 3 is 2.42 bits per heavy atom. The predicted octanol–water partition coefficient (Wildman–Crippen LogP) is 6.02. The first-order chi connectivity index (χ1) is 15.0. The zero-order valence-corrected chi connectivity index (χ0v) is 18.6. The Bertz CT molecular complexity index is 1200. The first-order valence-electron chi connectivity index (χ1n) is 9.58. The predicted molar refractivity (Wildman–Crippen MR) is 123 cm³/mol. The fourth-order valence-corrected chi connectivity index (χ4v) is 3.84. The molecule has 1 heterocycles. The lowest BCUT2D eigenvalue weighted by Crippen LogP contribution is -2.25. The van der Waals surface area contributed by atoms with Crippen molar-refractivity contribution in [2.75, 3.05) is 6.61 Å². The van der Waals surface area contributed by atoms with Crippen LogP contribution in [0.25, 0.3) is 11.0 Å². The van der Waals surface area contributed by atoms with Gasteiger partial charge >= 0.3 is 0 Å². The maximum atomic E-state index is 10.6. The summed E-state index contributed by atoms with van der Waals surface area (Å²) in [6.45, 7) is 0.533. The topological polar surface area (TPSA) is 56.5 Å². The molecule has 160 valence electrons. The van der Waals surface area contributed by atoms with E-state index < -0.39 is 6.10 Å². The monoisotopic (exact) mass is 476 g/mol. The Morgan fingerprint density at radius 1 is 0.871 bits per heavy atom. The number of nitrogens with zero attached hydrogens (tertiary/aromatic N) is 2. The fourth-order valence-electron chi connectivity index (χ4n) is 3.19. The molecule has 0 spiro atoms. The number of hydrogen-bond acceptors (Lipinski definition) is 4. The Kier molecular flexibility index (Phi) is 6.88. The molecule has 0 amide bonds. The van der Waals surface area contributed by atoms with Gasteiger partial charge in [0, 0.05) is 5.02 Å². The molecule has 0 fully saturated rings. The molecule has 1 unspecified atom stereocenters. The van der Waals surface area contributed by atoms with E-state index >= 15 is 0 Å². The molecule has 1 aromatic heterocycles. The van der Waals surface area contributed by atoms with Crippen molar-refractivity contribution >= 4 is 45.8 Å². The van der Waals surface area contributed by atoms with Crippen LogP contribution < -0.4 is 9.47 Å². The molecule has 31 heavy (non-hydrogen) atoms. The largest absolute Gasteiger partial charge is 0.489 e. The molecule has 0 saturated carbocycles. The molecular weight excluding hydrogens is 459 g/mol. The van der Waals surface area contributed by atoms with Gasteiger partial charge in [-0.3, -0.25) is 0 Å². The minimum atomic E-state index is -0.785. The van der Waals surface area contributed by atoms with Crippen LogP contribution in [0.1, 0.15) is 5.82 Å². The molecule has 4 aromatic rings. The molecule has 8 heteroatoms. The summed E-state index contributed by atoms with van der Waals surface area (Å²) in [5.41, 5.74) is 1.70. The van der Waals surface area contributed by atoms with E-state index in [9.17, 15) is 5.11 Å². The lowest BCUT2D eigenvalue weighted by Gasteiger charge is -2.16. The number of aliphatic hydroxyl groups is 1. The molecule has 0 aliphatic carbocycles. The van der Waals surface area contributed by atoms with Gasteiger partial charge in [-0.1, -0.05) is 59.1 Å². The Labute approximate surface area is 194 Å². The molecule has 5 nitrogen and oxygen atoms in total. The van der Waals surface area contributed by atoms with Gasteiger partial charge < -0.3 is 19.1 Å². The highest BCUT2D eigenvalue weighted by Crippen LogP contribution is 2.29. The number of ether oxygens (including phenoxy) is 2. The molecular formula is C23H19Cl3N2O3. The first-order valence-corrected chi connectivity index (χ1v) is 10.7. The van der Waals surface area contributed by atoms with E-state index in [1.54, 1.807) is 30.3 Å². The van der Waals surface area contributed by atoms with Gasteiger partial charge in [0.1, 0.15) is 36.6 Å². The Hall–Kier alpha value is -2.44. The summed E-state index contributed by atoms with van der Waals surface area (Å²) in [5.74, 6) is 1.69. The van der Waals surface area contributed by atoms with Crippen LogP contribution in [-0.2, 0) is 13.2 Å². The maximum absolute atomic E-state index is 10.6. The third kappa shape index (κ3) is 5.25. The van der Waals surface area contributed by atoms with Crippen molar-refractivity contribution in [1.29, 1.82) is 0 Å². The number of halogens is 3. The standard InChI is InChI=1S/C23H19Cl3N2O3/c24-15-9-10-22(18(26)11-15)31-14-23-27-19-6-2-3-7-20(19)28(23)12-16(29)13-30-21-8-4-1-5-17(21)25/h1-11,16,29H,12-14H2. The number of imidazole rings is 1. The summed E-state index contributed by atoms with van der Waals surface area (Å²) in [7, 11) is 0. The summed E-state index contributed by atoms with van der Waals surface area (Å²) in [5, 5.41) is 12.1. The number of rotatable bonds is 8. The lowest BCUT2D eigenvalue weighted by molar-refractivity contribution is 0.0918. The van der Waals surface area contributed by atoms with Crippen LogP contribution in [0.15, 0.2) is 66.7 Å². The van der Waals surface area contributed by atoms with Gasteiger partial charge in [-0.05, 0) is 42.5 Å². The number of aromatic nitrogens is 2. The molecule has 3 aromatic carbocycles. The first kappa shape index (κ1) is 21.8. The van der Waals surface area contributed by atoms with Crippen LogP contribution >= 0.6 is 34.8 Å². The van der Waals surface area contributed by atoms with E-state index in [2.05, 4.69) is 4.98 Å². The van der Waals surface area contributed by atoms with Crippen molar-refractivity contribution in [3.05, 3.63) is 87.6 Å². The van der Waals surface area contributed by atoms with Crippen LogP contribution in [0, 0.1) is 0 Å². The van der Waals surface area contributed by atoms with Crippen molar-refractivity contribution in [2.24, 2.45) is 0 Å². The van der Waals surface area contributed by atoms with Crippen LogP contribution in [0.2, 0.25) is 15.1 Å². The van der Waals surface area contributed by atoms with E-state index in [0.717, 1.165) is 11.0 Å². The highest BCUT2D eigenvalue weighted by molar-refractivity contribution is 6.35. The Balaban J connectivity index is 1.51. The molecule has 1 atom stereocenters. The van der Waals surface area contributed by atoms with Gasteiger partial charge in [0.2, 0.25) is 0 Å². The quantitative estimate of drug-likeness (QED) is 0.337. The summed E-state index contributed by atoms with van der Waals surface area (Å²) in [4.78, 5) is 4.66. The number of hydrogen-bond donors (Lipinski definition) is 1. The lowest BCUT2D eigenvalue weighted by atomic mass is 10.3. The van der Waals surface area contributed by atoms with E-state index in [0.29, 0.717) is 32.4 Å². The smallest absolute Gasteiger partial charge is 0.148 e. The van der Waals surface area contributed by atoms with E-state index in [1.165, 1.54) is 0 Å².